The Morgan fingerprint density at radius 2 is 1.86 bits per heavy atom. The second kappa shape index (κ2) is 5.77. The molecule has 0 radical (unpaired) electrons. The number of amides is 1. The fourth-order valence-electron chi connectivity index (χ4n) is 2.74. The van der Waals surface area contributed by atoms with Gasteiger partial charge in [0.2, 0.25) is 15.9 Å². The van der Waals surface area contributed by atoms with Crippen LogP contribution < -0.4 is 10.0 Å². The number of hydrogen-bond donors (Lipinski definition) is 2. The van der Waals surface area contributed by atoms with E-state index in [2.05, 4.69) is 23.9 Å². The van der Waals surface area contributed by atoms with E-state index in [1.54, 1.807) is 12.1 Å². The van der Waals surface area contributed by atoms with Crippen LogP contribution in [0.1, 0.15) is 40.0 Å². The molecule has 1 unspecified atom stereocenters. The summed E-state index contributed by atoms with van der Waals surface area (Å²) in [6.07, 6.45) is 2.76. The molecule has 1 saturated carbocycles. The van der Waals surface area contributed by atoms with Crippen LogP contribution in [0.25, 0.3) is 0 Å². The van der Waals surface area contributed by atoms with Gasteiger partial charge in [0.25, 0.3) is 0 Å². The van der Waals surface area contributed by atoms with Crippen LogP contribution >= 0.6 is 0 Å². The van der Waals surface area contributed by atoms with Crippen molar-refractivity contribution in [2.24, 2.45) is 5.41 Å². The maximum absolute atomic E-state index is 12.3. The predicted molar refractivity (Wildman–Crippen MR) is 82.5 cm³/mol. The van der Waals surface area contributed by atoms with E-state index in [9.17, 15) is 13.2 Å². The van der Waals surface area contributed by atoms with E-state index < -0.39 is 10.0 Å². The largest absolute Gasteiger partial charge is 0.326 e. The molecule has 5 nitrogen and oxygen atoms in total. The molecule has 0 bridgehead atoms. The Labute approximate surface area is 126 Å². The third-order valence-corrected chi connectivity index (χ3v) is 5.31. The van der Waals surface area contributed by atoms with Crippen LogP contribution in [0.5, 0.6) is 0 Å². The maximum Gasteiger partial charge on any atom is 0.240 e. The van der Waals surface area contributed by atoms with Gasteiger partial charge in [-0.05, 0) is 48.9 Å². The van der Waals surface area contributed by atoms with Gasteiger partial charge in [-0.25, -0.2) is 13.1 Å². The van der Waals surface area contributed by atoms with Crippen LogP contribution in [0, 0.1) is 5.41 Å². The van der Waals surface area contributed by atoms with Crippen molar-refractivity contribution in [3.8, 4) is 0 Å². The van der Waals surface area contributed by atoms with E-state index in [4.69, 9.17) is 0 Å². The SMILES string of the molecule is CC(=O)Nc1ccc(S(=O)(=O)NC2CCC(C)(C)C2)cc1. The summed E-state index contributed by atoms with van der Waals surface area (Å²) in [6, 6.07) is 6.20. The molecule has 1 atom stereocenters. The lowest BCUT2D eigenvalue weighted by Crippen LogP contribution is -2.33. The Balaban J connectivity index is 2.07. The van der Waals surface area contributed by atoms with Gasteiger partial charge in [-0.15, -0.1) is 0 Å². The summed E-state index contributed by atoms with van der Waals surface area (Å²) in [4.78, 5) is 11.2. The molecule has 1 aromatic carbocycles. The Kier molecular flexibility index (Phi) is 4.39. The van der Waals surface area contributed by atoms with Crippen molar-refractivity contribution in [1.82, 2.24) is 4.72 Å². The molecule has 6 heteroatoms. The highest BCUT2D eigenvalue weighted by atomic mass is 32.2. The summed E-state index contributed by atoms with van der Waals surface area (Å²) in [5, 5.41) is 2.61. The molecule has 1 amide bonds. The molecular weight excluding hydrogens is 288 g/mol. The summed E-state index contributed by atoms with van der Waals surface area (Å²) in [5.41, 5.74) is 0.783. The van der Waals surface area contributed by atoms with E-state index in [1.165, 1.54) is 19.1 Å². The summed E-state index contributed by atoms with van der Waals surface area (Å²) < 4.78 is 27.4. The highest BCUT2D eigenvalue weighted by Gasteiger charge is 2.33. The maximum atomic E-state index is 12.3. The number of rotatable bonds is 4. The quantitative estimate of drug-likeness (QED) is 0.897. The van der Waals surface area contributed by atoms with Crippen LogP contribution in [-0.4, -0.2) is 20.4 Å². The van der Waals surface area contributed by atoms with Gasteiger partial charge < -0.3 is 5.32 Å². The molecule has 0 spiro atoms. The first kappa shape index (κ1) is 16.0. The number of carbonyl (C=O) groups is 1. The first-order valence-corrected chi connectivity index (χ1v) is 8.56. The van der Waals surface area contributed by atoms with Crippen LogP contribution in [0.15, 0.2) is 29.2 Å². The molecule has 21 heavy (non-hydrogen) atoms. The molecule has 2 N–H and O–H groups in total. The number of hydrogen-bond acceptors (Lipinski definition) is 3. The Morgan fingerprint density at radius 1 is 1.24 bits per heavy atom. The van der Waals surface area contributed by atoms with Crippen molar-refractivity contribution in [2.75, 3.05) is 5.32 Å². The molecular formula is C15H22N2O3S. The Morgan fingerprint density at radius 3 is 2.33 bits per heavy atom. The number of anilines is 1. The van der Waals surface area contributed by atoms with Crippen molar-refractivity contribution >= 4 is 21.6 Å². The van der Waals surface area contributed by atoms with E-state index in [0.29, 0.717) is 5.69 Å². The molecule has 0 heterocycles. The highest BCUT2D eigenvalue weighted by molar-refractivity contribution is 7.89. The zero-order chi connectivity index (χ0) is 15.7. The van der Waals surface area contributed by atoms with E-state index in [0.717, 1.165) is 19.3 Å². The fraction of sp³-hybridized carbons (Fsp3) is 0.533. The monoisotopic (exact) mass is 310 g/mol. The first-order valence-electron chi connectivity index (χ1n) is 7.08. The van der Waals surface area contributed by atoms with Gasteiger partial charge in [0.1, 0.15) is 0 Å². The van der Waals surface area contributed by atoms with Gasteiger partial charge in [-0.1, -0.05) is 13.8 Å². The van der Waals surface area contributed by atoms with Gasteiger partial charge in [0.05, 0.1) is 4.90 Å². The number of sulfonamides is 1. The minimum absolute atomic E-state index is 0.0000196. The fourth-order valence-corrected chi connectivity index (χ4v) is 4.02. The number of benzene rings is 1. The lowest BCUT2D eigenvalue weighted by molar-refractivity contribution is -0.114. The number of carbonyl (C=O) groups excluding carboxylic acids is 1. The molecule has 1 fully saturated rings. The minimum Gasteiger partial charge on any atom is -0.326 e. The van der Waals surface area contributed by atoms with Gasteiger partial charge in [-0.2, -0.15) is 0 Å². The average molecular weight is 310 g/mol. The third kappa shape index (κ3) is 4.28. The lowest BCUT2D eigenvalue weighted by atomic mass is 9.92. The number of nitrogens with one attached hydrogen (secondary N) is 2. The normalized spacial score (nSPS) is 21.2. The second-order valence-electron chi connectivity index (χ2n) is 6.43. The van der Waals surface area contributed by atoms with Crippen molar-refractivity contribution in [3.05, 3.63) is 24.3 Å². The van der Waals surface area contributed by atoms with Gasteiger partial charge in [0, 0.05) is 18.7 Å². The van der Waals surface area contributed by atoms with Gasteiger partial charge >= 0.3 is 0 Å². The molecule has 2 rings (SSSR count). The molecule has 0 aliphatic heterocycles. The standard InChI is InChI=1S/C15H22N2O3S/c1-11(18)16-12-4-6-14(7-5-12)21(19,20)17-13-8-9-15(2,3)10-13/h4-7,13,17H,8-10H2,1-3H3,(H,16,18). The molecule has 116 valence electrons. The third-order valence-electron chi connectivity index (χ3n) is 3.78. The zero-order valence-electron chi connectivity index (χ0n) is 12.6. The van der Waals surface area contributed by atoms with E-state index >= 15 is 0 Å². The van der Waals surface area contributed by atoms with E-state index in [1.807, 2.05) is 0 Å². The van der Waals surface area contributed by atoms with Crippen molar-refractivity contribution < 1.29 is 13.2 Å². The van der Waals surface area contributed by atoms with Crippen molar-refractivity contribution in [1.29, 1.82) is 0 Å². The Hall–Kier alpha value is -1.40. The van der Waals surface area contributed by atoms with Crippen molar-refractivity contribution in [3.63, 3.8) is 0 Å². The summed E-state index contributed by atoms with van der Waals surface area (Å²) >= 11 is 0. The van der Waals surface area contributed by atoms with E-state index in [-0.39, 0.29) is 22.3 Å². The highest BCUT2D eigenvalue weighted by Crippen LogP contribution is 2.37. The first-order chi connectivity index (χ1) is 9.68. The van der Waals surface area contributed by atoms with Crippen LogP contribution in [0.3, 0.4) is 0 Å². The van der Waals surface area contributed by atoms with Crippen molar-refractivity contribution in [2.45, 2.75) is 51.0 Å². The minimum atomic E-state index is -3.50. The van der Waals surface area contributed by atoms with Crippen LogP contribution in [0.2, 0.25) is 0 Å². The van der Waals surface area contributed by atoms with Gasteiger partial charge in [0.15, 0.2) is 0 Å². The Bertz CT molecular complexity index is 621. The second-order valence-corrected chi connectivity index (χ2v) is 8.14. The van der Waals surface area contributed by atoms with Crippen LogP contribution in [0.4, 0.5) is 5.69 Å². The average Bonchev–Trinajstić information content (AvgIpc) is 2.67. The molecule has 0 aromatic heterocycles. The smallest absolute Gasteiger partial charge is 0.240 e. The summed E-state index contributed by atoms with van der Waals surface area (Å²) in [5.74, 6) is -0.183. The molecule has 1 aliphatic rings. The lowest BCUT2D eigenvalue weighted by Gasteiger charge is -2.18. The predicted octanol–water partition coefficient (Wildman–Crippen LogP) is 2.50. The molecule has 1 aromatic rings. The van der Waals surface area contributed by atoms with Gasteiger partial charge in [-0.3, -0.25) is 4.79 Å². The zero-order valence-corrected chi connectivity index (χ0v) is 13.5. The molecule has 1 aliphatic carbocycles. The summed E-state index contributed by atoms with van der Waals surface area (Å²) in [6.45, 7) is 5.72. The topological polar surface area (TPSA) is 75.3 Å². The summed E-state index contributed by atoms with van der Waals surface area (Å²) in [7, 11) is -3.50. The molecule has 0 saturated heterocycles. The van der Waals surface area contributed by atoms with Crippen LogP contribution in [-0.2, 0) is 14.8 Å².